The van der Waals surface area contributed by atoms with Crippen LogP contribution in [0.1, 0.15) is 34.2 Å². The van der Waals surface area contributed by atoms with E-state index in [9.17, 15) is 14.4 Å². The molecule has 2 atom stereocenters. The molecule has 3 heterocycles. The second-order valence-corrected chi connectivity index (χ2v) is 5.39. The number of methoxy groups -OCH3 is 1. The van der Waals surface area contributed by atoms with Crippen LogP contribution in [0.4, 0.5) is 0 Å². The van der Waals surface area contributed by atoms with Gasteiger partial charge in [-0.1, -0.05) is 0 Å². The van der Waals surface area contributed by atoms with Gasteiger partial charge in [0.05, 0.1) is 20.3 Å². The molecule has 0 unspecified atom stereocenters. The summed E-state index contributed by atoms with van der Waals surface area (Å²) in [5, 5.41) is 9.13. The summed E-state index contributed by atoms with van der Waals surface area (Å²) in [5.74, 6) is -1.97. The summed E-state index contributed by atoms with van der Waals surface area (Å²) in [7, 11) is 1.25. The highest BCUT2D eigenvalue weighted by molar-refractivity contribution is 5.98. The lowest BCUT2D eigenvalue weighted by Gasteiger charge is -2.44. The summed E-state index contributed by atoms with van der Waals surface area (Å²) in [6.45, 7) is 2.72. The molecule has 0 saturated carbocycles. The first-order chi connectivity index (χ1) is 10.5. The van der Waals surface area contributed by atoms with E-state index in [0.29, 0.717) is 13.0 Å². The van der Waals surface area contributed by atoms with E-state index in [1.165, 1.54) is 17.9 Å². The van der Waals surface area contributed by atoms with Crippen LogP contribution in [0.5, 0.6) is 5.75 Å². The van der Waals surface area contributed by atoms with Crippen LogP contribution >= 0.6 is 0 Å². The maximum Gasteiger partial charge on any atom is 0.341 e. The smallest absolute Gasteiger partial charge is 0.341 e. The lowest BCUT2D eigenvalue weighted by Crippen LogP contribution is -2.57. The van der Waals surface area contributed by atoms with Crippen LogP contribution in [0.15, 0.2) is 11.0 Å². The number of rotatable bonds is 2. The van der Waals surface area contributed by atoms with Crippen molar-refractivity contribution in [2.75, 3.05) is 13.7 Å². The summed E-state index contributed by atoms with van der Waals surface area (Å²) in [6, 6.07) is -0.0149. The van der Waals surface area contributed by atoms with Crippen LogP contribution in [0.3, 0.4) is 0 Å². The molecular formula is C14H16N2O6. The predicted molar refractivity (Wildman–Crippen MR) is 74.2 cm³/mol. The number of hydrogen-bond donors (Lipinski definition) is 1. The Labute approximate surface area is 125 Å². The van der Waals surface area contributed by atoms with Crippen LogP contribution in [0.2, 0.25) is 0 Å². The molecule has 2 aliphatic rings. The van der Waals surface area contributed by atoms with Gasteiger partial charge in [-0.3, -0.25) is 9.59 Å². The first-order valence-electron chi connectivity index (χ1n) is 6.94. The van der Waals surface area contributed by atoms with Gasteiger partial charge in [-0.05, 0) is 13.3 Å². The molecule has 0 bridgehead atoms. The molecule has 2 aliphatic heterocycles. The van der Waals surface area contributed by atoms with Gasteiger partial charge in [0.25, 0.3) is 5.91 Å². The lowest BCUT2D eigenvalue weighted by atomic mass is 10.1. The minimum Gasteiger partial charge on any atom is -0.491 e. The van der Waals surface area contributed by atoms with Crippen molar-refractivity contribution >= 4 is 11.9 Å². The zero-order valence-corrected chi connectivity index (χ0v) is 12.2. The maximum absolute atomic E-state index is 12.7. The quantitative estimate of drug-likeness (QED) is 0.835. The van der Waals surface area contributed by atoms with Gasteiger partial charge in [-0.25, -0.2) is 4.79 Å². The number of carboxylic acids is 1. The third kappa shape index (κ3) is 1.98. The van der Waals surface area contributed by atoms with Crippen molar-refractivity contribution in [2.45, 2.75) is 32.2 Å². The van der Waals surface area contributed by atoms with Gasteiger partial charge in [0.2, 0.25) is 5.43 Å². The van der Waals surface area contributed by atoms with E-state index in [4.69, 9.17) is 14.6 Å². The number of pyridine rings is 1. The SMILES string of the molecule is COc1c2n(cc(C(=O)O)c1=O)C[C@H]1OCC[C@@H](C)N1C2=O. The zero-order valence-electron chi connectivity index (χ0n) is 12.2. The molecule has 1 saturated heterocycles. The number of nitrogens with zero attached hydrogens (tertiary/aromatic N) is 2. The van der Waals surface area contributed by atoms with Gasteiger partial charge < -0.3 is 24.0 Å². The van der Waals surface area contributed by atoms with Gasteiger partial charge in [0.15, 0.2) is 17.7 Å². The van der Waals surface area contributed by atoms with Crippen molar-refractivity contribution in [3.8, 4) is 5.75 Å². The number of carbonyl (C=O) groups is 2. The third-order valence-corrected chi connectivity index (χ3v) is 4.09. The van der Waals surface area contributed by atoms with Crippen molar-refractivity contribution in [3.05, 3.63) is 27.7 Å². The minimum atomic E-state index is -1.36. The molecule has 8 nitrogen and oxygen atoms in total. The van der Waals surface area contributed by atoms with Crippen LogP contribution in [0.25, 0.3) is 0 Å². The fourth-order valence-corrected chi connectivity index (χ4v) is 2.98. The largest absolute Gasteiger partial charge is 0.491 e. The maximum atomic E-state index is 12.7. The normalized spacial score (nSPS) is 23.7. The van der Waals surface area contributed by atoms with Crippen molar-refractivity contribution in [3.63, 3.8) is 0 Å². The molecule has 118 valence electrons. The van der Waals surface area contributed by atoms with Crippen molar-refractivity contribution in [1.82, 2.24) is 9.47 Å². The summed E-state index contributed by atoms with van der Waals surface area (Å²) >= 11 is 0. The Hall–Kier alpha value is -2.35. The van der Waals surface area contributed by atoms with E-state index in [2.05, 4.69) is 0 Å². The molecule has 1 amide bonds. The molecule has 0 radical (unpaired) electrons. The first-order valence-corrected chi connectivity index (χ1v) is 6.94. The number of hydrogen-bond acceptors (Lipinski definition) is 5. The third-order valence-electron chi connectivity index (χ3n) is 4.09. The monoisotopic (exact) mass is 308 g/mol. The Morgan fingerprint density at radius 2 is 2.18 bits per heavy atom. The molecule has 0 aliphatic carbocycles. The summed E-state index contributed by atoms with van der Waals surface area (Å²) in [4.78, 5) is 37.7. The van der Waals surface area contributed by atoms with Crippen LogP contribution in [-0.2, 0) is 11.3 Å². The van der Waals surface area contributed by atoms with E-state index in [1.54, 1.807) is 4.90 Å². The number of carboxylic acid groups (broad SMARTS) is 1. The molecule has 3 rings (SSSR count). The number of amides is 1. The molecular weight excluding hydrogens is 292 g/mol. The number of aromatic carboxylic acids is 1. The van der Waals surface area contributed by atoms with Gasteiger partial charge in [0.1, 0.15) is 5.56 Å². The summed E-state index contributed by atoms with van der Waals surface area (Å²) in [6.07, 6.45) is 1.43. The standard InChI is InChI=1S/C14H16N2O6/c1-7-3-4-22-9-6-15-5-8(14(19)20)11(17)12(21-2)10(15)13(18)16(7)9/h5,7,9H,3-4,6H2,1-2H3,(H,19,20)/t7-,9-/m1/s1. The average Bonchev–Trinajstić information content (AvgIpc) is 2.47. The van der Waals surface area contributed by atoms with Gasteiger partial charge in [0, 0.05) is 12.2 Å². The molecule has 1 fully saturated rings. The van der Waals surface area contributed by atoms with Gasteiger partial charge >= 0.3 is 5.97 Å². The number of ether oxygens (including phenoxy) is 2. The topological polar surface area (TPSA) is 98.1 Å². The Morgan fingerprint density at radius 1 is 1.45 bits per heavy atom. The molecule has 1 aromatic rings. The van der Waals surface area contributed by atoms with Crippen molar-refractivity contribution in [1.29, 1.82) is 0 Å². The average molecular weight is 308 g/mol. The number of fused-ring (bicyclic) bond motifs is 2. The second-order valence-electron chi connectivity index (χ2n) is 5.39. The summed E-state index contributed by atoms with van der Waals surface area (Å²) in [5.41, 5.74) is -1.14. The Kier molecular flexibility index (Phi) is 3.40. The highest BCUT2D eigenvalue weighted by Gasteiger charge is 2.41. The highest BCUT2D eigenvalue weighted by Crippen LogP contribution is 2.29. The highest BCUT2D eigenvalue weighted by atomic mass is 16.5. The molecule has 0 spiro atoms. The molecule has 1 aromatic heterocycles. The van der Waals surface area contributed by atoms with Crippen LogP contribution in [-0.4, -0.2) is 52.4 Å². The van der Waals surface area contributed by atoms with Gasteiger partial charge in [-0.15, -0.1) is 0 Å². The molecule has 1 N–H and O–H groups in total. The van der Waals surface area contributed by atoms with Crippen LogP contribution < -0.4 is 10.2 Å². The van der Waals surface area contributed by atoms with Crippen molar-refractivity contribution in [2.24, 2.45) is 0 Å². The Morgan fingerprint density at radius 3 is 2.82 bits per heavy atom. The zero-order chi connectivity index (χ0) is 16.0. The van der Waals surface area contributed by atoms with E-state index in [0.717, 1.165) is 0 Å². The number of aromatic nitrogens is 1. The van der Waals surface area contributed by atoms with E-state index < -0.39 is 23.2 Å². The van der Waals surface area contributed by atoms with E-state index in [-0.39, 0.29) is 29.9 Å². The first kappa shape index (κ1) is 14.6. The van der Waals surface area contributed by atoms with E-state index >= 15 is 0 Å². The Balaban J connectivity index is 2.21. The fraction of sp³-hybridized carbons (Fsp3) is 0.500. The molecule has 22 heavy (non-hydrogen) atoms. The van der Waals surface area contributed by atoms with E-state index in [1.807, 2.05) is 6.92 Å². The second kappa shape index (κ2) is 5.13. The fourth-order valence-electron chi connectivity index (χ4n) is 2.98. The number of carbonyl (C=O) groups excluding carboxylic acids is 1. The predicted octanol–water partition coefficient (Wildman–Crippen LogP) is 0.146. The van der Waals surface area contributed by atoms with Crippen molar-refractivity contribution < 1.29 is 24.2 Å². The molecule has 0 aromatic carbocycles. The van der Waals surface area contributed by atoms with Gasteiger partial charge in [-0.2, -0.15) is 0 Å². The summed E-state index contributed by atoms with van der Waals surface area (Å²) < 4.78 is 12.1. The van der Waals surface area contributed by atoms with Crippen LogP contribution in [0, 0.1) is 0 Å². The Bertz CT molecular complexity index is 710. The molecule has 8 heteroatoms. The minimum absolute atomic E-state index is 0.0149. The lowest BCUT2D eigenvalue weighted by molar-refractivity contribution is -0.112.